The summed E-state index contributed by atoms with van der Waals surface area (Å²) in [4.78, 5) is -0.425. The van der Waals surface area contributed by atoms with Crippen molar-refractivity contribution in [1.82, 2.24) is 4.72 Å². The largest absolute Gasteiger partial charge is 0.497 e. The van der Waals surface area contributed by atoms with Crippen LogP contribution in [0.3, 0.4) is 0 Å². The Hall–Kier alpha value is -2.75. The lowest BCUT2D eigenvalue weighted by molar-refractivity contribution is 0.414. The van der Waals surface area contributed by atoms with E-state index in [0.29, 0.717) is 17.7 Å². The van der Waals surface area contributed by atoms with E-state index in [4.69, 9.17) is 4.74 Å². The molecule has 3 rings (SSSR count). The second kappa shape index (κ2) is 9.17. The van der Waals surface area contributed by atoms with Gasteiger partial charge in [-0.05, 0) is 73.0 Å². The second-order valence-electron chi connectivity index (χ2n) is 6.88. The first kappa shape index (κ1) is 22.9. The maximum absolute atomic E-state index is 13.1. The number of hydrogen-bond donors (Lipinski definition) is 1. The first-order valence-electron chi connectivity index (χ1n) is 9.37. The summed E-state index contributed by atoms with van der Waals surface area (Å²) in [6, 6.07) is 15.6. The highest BCUT2D eigenvalue weighted by atomic mass is 32.2. The third-order valence-corrected chi connectivity index (χ3v) is 8.09. The zero-order valence-corrected chi connectivity index (χ0v) is 18.6. The van der Waals surface area contributed by atoms with Crippen LogP contribution in [-0.4, -0.2) is 30.5 Å². The highest BCUT2D eigenvalue weighted by Gasteiger charge is 2.23. The summed E-state index contributed by atoms with van der Waals surface area (Å²) in [6.07, 6.45) is 0.434. The van der Waals surface area contributed by atoms with Crippen molar-refractivity contribution in [2.24, 2.45) is 0 Å². The lowest BCUT2D eigenvalue weighted by Crippen LogP contribution is -2.27. The van der Waals surface area contributed by atoms with Crippen molar-refractivity contribution in [3.8, 4) is 5.75 Å². The van der Waals surface area contributed by atoms with Crippen LogP contribution in [0.1, 0.15) is 11.1 Å². The molecule has 3 aromatic rings. The number of ether oxygens (including phenoxy) is 1. The molecule has 0 unspecified atom stereocenters. The van der Waals surface area contributed by atoms with Crippen LogP contribution in [0, 0.1) is 12.7 Å². The van der Waals surface area contributed by atoms with Gasteiger partial charge in [0.25, 0.3) is 0 Å². The maximum Gasteiger partial charge on any atom is 0.240 e. The van der Waals surface area contributed by atoms with Crippen LogP contribution in [0.15, 0.2) is 81.4 Å². The van der Waals surface area contributed by atoms with Crippen LogP contribution in [0.2, 0.25) is 0 Å². The summed E-state index contributed by atoms with van der Waals surface area (Å²) in [6.45, 7) is 1.72. The Kier molecular flexibility index (Phi) is 6.78. The Morgan fingerprint density at radius 1 is 0.903 bits per heavy atom. The van der Waals surface area contributed by atoms with E-state index in [1.165, 1.54) is 12.1 Å². The molecule has 0 amide bonds. The fourth-order valence-corrected chi connectivity index (χ4v) is 5.68. The zero-order chi connectivity index (χ0) is 22.6. The van der Waals surface area contributed by atoms with Gasteiger partial charge in [-0.2, -0.15) is 0 Å². The van der Waals surface area contributed by atoms with Crippen molar-refractivity contribution in [3.05, 3.63) is 83.7 Å². The van der Waals surface area contributed by atoms with E-state index in [0.717, 1.165) is 35.9 Å². The van der Waals surface area contributed by atoms with Gasteiger partial charge in [0.05, 0.1) is 21.8 Å². The molecule has 31 heavy (non-hydrogen) atoms. The lowest BCUT2D eigenvalue weighted by Gasteiger charge is -2.12. The predicted octanol–water partition coefficient (Wildman–Crippen LogP) is 3.50. The molecule has 0 aliphatic heterocycles. The van der Waals surface area contributed by atoms with E-state index in [9.17, 15) is 21.2 Å². The van der Waals surface area contributed by atoms with Crippen molar-refractivity contribution in [1.29, 1.82) is 0 Å². The summed E-state index contributed by atoms with van der Waals surface area (Å²) in [5, 5.41) is 0. The number of hydrogen-bond acceptors (Lipinski definition) is 5. The normalized spacial score (nSPS) is 12.0. The minimum Gasteiger partial charge on any atom is -0.497 e. The van der Waals surface area contributed by atoms with Crippen LogP contribution in [0.25, 0.3) is 0 Å². The van der Waals surface area contributed by atoms with E-state index < -0.39 is 25.7 Å². The van der Waals surface area contributed by atoms with Crippen LogP contribution < -0.4 is 9.46 Å². The maximum atomic E-state index is 13.1. The minimum atomic E-state index is -4.00. The molecule has 0 aliphatic rings. The van der Waals surface area contributed by atoms with Gasteiger partial charge in [-0.25, -0.2) is 25.9 Å². The molecule has 0 heterocycles. The van der Waals surface area contributed by atoms with Crippen molar-refractivity contribution in [2.75, 3.05) is 13.7 Å². The van der Waals surface area contributed by atoms with Crippen LogP contribution in [0.4, 0.5) is 4.39 Å². The predicted molar refractivity (Wildman–Crippen MR) is 115 cm³/mol. The summed E-state index contributed by atoms with van der Waals surface area (Å²) < 4.78 is 72.2. The average Bonchev–Trinajstić information content (AvgIpc) is 2.74. The third-order valence-electron chi connectivity index (χ3n) is 4.72. The zero-order valence-electron chi connectivity index (χ0n) is 17.0. The molecule has 0 saturated heterocycles. The number of benzene rings is 3. The van der Waals surface area contributed by atoms with Crippen molar-refractivity contribution < 1.29 is 26.0 Å². The number of nitrogens with one attached hydrogen (secondary N) is 1. The standard InChI is InChI=1S/C22H22FNO5S2/c1-16-6-9-21(30(25,26)20-10-7-18(23)8-11-20)15-22(16)31(27,28)24-13-12-17-4-3-5-19(14-17)29-2/h3-11,14-15,24H,12-13H2,1-2H3. The number of methoxy groups -OCH3 is 1. The molecule has 164 valence electrons. The van der Waals surface area contributed by atoms with Gasteiger partial charge >= 0.3 is 0 Å². The molecule has 3 aromatic carbocycles. The van der Waals surface area contributed by atoms with Crippen molar-refractivity contribution in [2.45, 2.75) is 28.0 Å². The topological polar surface area (TPSA) is 89.5 Å². The molecule has 0 bridgehead atoms. The Morgan fingerprint density at radius 2 is 1.58 bits per heavy atom. The van der Waals surface area contributed by atoms with Gasteiger partial charge in [-0.1, -0.05) is 18.2 Å². The number of sulfone groups is 1. The molecular formula is C22H22FNO5S2. The van der Waals surface area contributed by atoms with Crippen molar-refractivity contribution >= 4 is 19.9 Å². The van der Waals surface area contributed by atoms with Crippen LogP contribution in [0.5, 0.6) is 5.75 Å². The fourth-order valence-electron chi connectivity index (χ4n) is 3.02. The van der Waals surface area contributed by atoms with Gasteiger partial charge in [0.1, 0.15) is 11.6 Å². The fraction of sp³-hybridized carbons (Fsp3) is 0.182. The van der Waals surface area contributed by atoms with Gasteiger partial charge in [-0.3, -0.25) is 0 Å². The Balaban J connectivity index is 1.83. The molecule has 0 aliphatic carbocycles. The van der Waals surface area contributed by atoms with Gasteiger partial charge in [-0.15, -0.1) is 0 Å². The molecule has 0 spiro atoms. The monoisotopic (exact) mass is 463 g/mol. The summed E-state index contributed by atoms with van der Waals surface area (Å²) in [5.41, 5.74) is 1.30. The highest BCUT2D eigenvalue weighted by Crippen LogP contribution is 2.25. The highest BCUT2D eigenvalue weighted by molar-refractivity contribution is 7.91. The Bertz CT molecular complexity index is 1290. The first-order valence-corrected chi connectivity index (χ1v) is 12.3. The van der Waals surface area contributed by atoms with Gasteiger partial charge < -0.3 is 4.74 Å². The van der Waals surface area contributed by atoms with E-state index >= 15 is 0 Å². The van der Waals surface area contributed by atoms with Crippen LogP contribution >= 0.6 is 0 Å². The van der Waals surface area contributed by atoms with E-state index in [1.807, 2.05) is 18.2 Å². The third kappa shape index (κ3) is 5.30. The number of sulfonamides is 1. The smallest absolute Gasteiger partial charge is 0.240 e. The Morgan fingerprint density at radius 3 is 2.26 bits per heavy atom. The molecule has 0 aromatic heterocycles. The number of halogens is 1. The quantitative estimate of drug-likeness (QED) is 0.517. The van der Waals surface area contributed by atoms with Gasteiger partial charge in [0, 0.05) is 6.54 Å². The van der Waals surface area contributed by atoms with Crippen molar-refractivity contribution in [3.63, 3.8) is 0 Å². The Labute approximate surface area is 181 Å². The van der Waals surface area contributed by atoms with E-state index in [-0.39, 0.29) is 21.2 Å². The molecule has 0 saturated carbocycles. The molecule has 0 atom stereocenters. The lowest BCUT2D eigenvalue weighted by atomic mass is 10.1. The summed E-state index contributed by atoms with van der Waals surface area (Å²) >= 11 is 0. The van der Waals surface area contributed by atoms with Gasteiger partial charge in [0.15, 0.2) is 0 Å². The summed E-state index contributed by atoms with van der Waals surface area (Å²) in [7, 11) is -6.40. The second-order valence-corrected chi connectivity index (χ2v) is 10.6. The molecule has 0 fully saturated rings. The first-order chi connectivity index (χ1) is 14.6. The van der Waals surface area contributed by atoms with Crippen LogP contribution in [-0.2, 0) is 26.3 Å². The molecule has 6 nitrogen and oxygen atoms in total. The van der Waals surface area contributed by atoms with E-state index in [2.05, 4.69) is 4.72 Å². The SMILES string of the molecule is COc1cccc(CCNS(=O)(=O)c2cc(S(=O)(=O)c3ccc(F)cc3)ccc2C)c1. The summed E-state index contributed by atoms with van der Waals surface area (Å²) in [5.74, 6) is 0.112. The molecule has 9 heteroatoms. The average molecular weight is 464 g/mol. The van der Waals surface area contributed by atoms with Gasteiger partial charge in [0.2, 0.25) is 19.9 Å². The minimum absolute atomic E-state index is 0.118. The molecular weight excluding hydrogens is 441 g/mol. The number of aryl methyl sites for hydroxylation is 1. The number of rotatable bonds is 8. The molecule has 1 N–H and O–H groups in total. The van der Waals surface area contributed by atoms with E-state index in [1.54, 1.807) is 20.1 Å². The molecule has 0 radical (unpaired) electrons.